The molecule has 7 heteroatoms. The molecule has 0 spiro atoms. The molecule has 0 amide bonds. The molecule has 0 aliphatic rings. The van der Waals surface area contributed by atoms with Gasteiger partial charge in [-0.1, -0.05) is 11.6 Å². The van der Waals surface area contributed by atoms with E-state index in [0.29, 0.717) is 16.5 Å². The van der Waals surface area contributed by atoms with Gasteiger partial charge in [-0.3, -0.25) is 4.79 Å². The zero-order valence-electron chi connectivity index (χ0n) is 10.00. The van der Waals surface area contributed by atoms with Crippen LogP contribution in [0.5, 0.6) is 11.5 Å². The molecule has 2 aromatic rings. The summed E-state index contributed by atoms with van der Waals surface area (Å²) in [6.45, 7) is -0.491. The summed E-state index contributed by atoms with van der Waals surface area (Å²) in [5.41, 5.74) is -0.244. The van der Waals surface area contributed by atoms with E-state index in [4.69, 9.17) is 21.4 Å². The second-order valence-corrected chi connectivity index (χ2v) is 4.14. The van der Waals surface area contributed by atoms with E-state index >= 15 is 0 Å². The molecule has 0 atom stereocenters. The van der Waals surface area contributed by atoms with E-state index in [1.54, 1.807) is 12.1 Å². The van der Waals surface area contributed by atoms with Gasteiger partial charge in [0.2, 0.25) is 0 Å². The molecule has 0 fully saturated rings. The van der Waals surface area contributed by atoms with Crippen LogP contribution < -0.4 is 10.3 Å². The number of aromatic hydroxyl groups is 1. The van der Waals surface area contributed by atoms with Crippen molar-refractivity contribution in [2.75, 3.05) is 7.11 Å². The van der Waals surface area contributed by atoms with Crippen molar-refractivity contribution in [2.24, 2.45) is 0 Å². The molecule has 2 rings (SSSR count). The van der Waals surface area contributed by atoms with Crippen LogP contribution in [0.15, 0.2) is 29.1 Å². The maximum absolute atomic E-state index is 11.8. The first kappa shape index (κ1) is 13.4. The number of methoxy groups -OCH3 is 1. The number of halogens is 1. The van der Waals surface area contributed by atoms with Crippen LogP contribution in [0, 0.1) is 0 Å². The number of hydrogen-bond acceptors (Lipinski definition) is 5. The van der Waals surface area contributed by atoms with Crippen LogP contribution in [-0.4, -0.2) is 27.1 Å². The Balaban J connectivity index is 2.71. The molecule has 0 radical (unpaired) electrons. The van der Waals surface area contributed by atoms with Gasteiger partial charge in [0.05, 0.1) is 13.7 Å². The molecule has 1 aromatic carbocycles. The Bertz CT molecular complexity index is 669. The van der Waals surface area contributed by atoms with Gasteiger partial charge in [0.25, 0.3) is 5.56 Å². The number of ether oxygens (including phenoxy) is 1. The Hall–Kier alpha value is -2.05. The van der Waals surface area contributed by atoms with E-state index in [1.165, 1.54) is 13.2 Å². The predicted octanol–water partition coefficient (Wildman–Crippen LogP) is 1.09. The lowest BCUT2D eigenvalue weighted by molar-refractivity contribution is 0.266. The fourth-order valence-electron chi connectivity index (χ4n) is 1.60. The molecule has 6 nitrogen and oxygen atoms in total. The number of nitrogens with zero attached hydrogens (tertiary/aromatic N) is 2. The molecule has 19 heavy (non-hydrogen) atoms. The zero-order valence-corrected chi connectivity index (χ0v) is 10.8. The Morgan fingerprint density at radius 2 is 2.16 bits per heavy atom. The summed E-state index contributed by atoms with van der Waals surface area (Å²) in [7, 11) is 1.45. The van der Waals surface area contributed by atoms with E-state index in [1.807, 2.05) is 0 Å². The lowest BCUT2D eigenvalue weighted by atomic mass is 10.3. The Kier molecular flexibility index (Phi) is 3.73. The van der Waals surface area contributed by atoms with Gasteiger partial charge in [-0.05, 0) is 18.2 Å². The second-order valence-electron chi connectivity index (χ2n) is 3.70. The molecule has 0 saturated carbocycles. The lowest BCUT2D eigenvalue weighted by Gasteiger charge is -2.11. The fourth-order valence-corrected chi connectivity index (χ4v) is 1.76. The van der Waals surface area contributed by atoms with E-state index in [9.17, 15) is 9.90 Å². The van der Waals surface area contributed by atoms with Gasteiger partial charge in [0, 0.05) is 11.1 Å². The molecule has 0 saturated heterocycles. The summed E-state index contributed by atoms with van der Waals surface area (Å²) < 4.78 is 6.14. The highest BCUT2D eigenvalue weighted by Crippen LogP contribution is 2.25. The first-order valence-corrected chi connectivity index (χ1v) is 5.71. The molecule has 0 aliphatic carbocycles. The summed E-state index contributed by atoms with van der Waals surface area (Å²) in [4.78, 5) is 11.8. The summed E-state index contributed by atoms with van der Waals surface area (Å²) in [5.74, 6) is 0.0401. The van der Waals surface area contributed by atoms with Gasteiger partial charge in [-0.25, -0.2) is 0 Å². The van der Waals surface area contributed by atoms with Crippen molar-refractivity contribution >= 4 is 11.6 Å². The van der Waals surface area contributed by atoms with Crippen molar-refractivity contribution in [2.45, 2.75) is 6.61 Å². The Morgan fingerprint density at radius 1 is 1.42 bits per heavy atom. The topological polar surface area (TPSA) is 84.6 Å². The van der Waals surface area contributed by atoms with Gasteiger partial charge in [0.15, 0.2) is 0 Å². The second kappa shape index (κ2) is 5.29. The molecule has 1 heterocycles. The van der Waals surface area contributed by atoms with Gasteiger partial charge >= 0.3 is 0 Å². The van der Waals surface area contributed by atoms with Crippen molar-refractivity contribution in [3.8, 4) is 17.2 Å². The Morgan fingerprint density at radius 3 is 2.79 bits per heavy atom. The van der Waals surface area contributed by atoms with Crippen molar-refractivity contribution in [3.05, 3.63) is 45.3 Å². The van der Waals surface area contributed by atoms with Crippen molar-refractivity contribution < 1.29 is 14.9 Å². The SMILES string of the molecule is COc1ccc(Cl)cc1-n1nc(CO)c(O)cc1=O. The highest BCUT2D eigenvalue weighted by Gasteiger charge is 2.12. The van der Waals surface area contributed by atoms with E-state index in [2.05, 4.69) is 5.10 Å². The van der Waals surface area contributed by atoms with Gasteiger partial charge in [-0.15, -0.1) is 0 Å². The molecular formula is C12H11ClN2O4. The zero-order chi connectivity index (χ0) is 14.0. The molecule has 1 aromatic heterocycles. The maximum atomic E-state index is 11.8. The van der Waals surface area contributed by atoms with Crippen LogP contribution >= 0.6 is 11.6 Å². The molecule has 0 aliphatic heterocycles. The van der Waals surface area contributed by atoms with Crippen molar-refractivity contribution in [3.63, 3.8) is 0 Å². The minimum atomic E-state index is -0.560. The van der Waals surface area contributed by atoms with E-state index in [-0.39, 0.29) is 11.4 Å². The van der Waals surface area contributed by atoms with Crippen molar-refractivity contribution in [1.82, 2.24) is 9.78 Å². The monoisotopic (exact) mass is 282 g/mol. The summed E-state index contributed by atoms with van der Waals surface area (Å²) in [5, 5.41) is 22.8. The summed E-state index contributed by atoms with van der Waals surface area (Å²) in [6, 6.07) is 5.69. The first-order chi connectivity index (χ1) is 9.06. The van der Waals surface area contributed by atoms with Crippen LogP contribution in [0.25, 0.3) is 5.69 Å². The summed E-state index contributed by atoms with van der Waals surface area (Å²) >= 11 is 5.88. The van der Waals surface area contributed by atoms with Gasteiger partial charge in [-0.2, -0.15) is 9.78 Å². The third kappa shape index (κ3) is 2.54. The highest BCUT2D eigenvalue weighted by atomic mass is 35.5. The maximum Gasteiger partial charge on any atom is 0.275 e. The largest absolute Gasteiger partial charge is 0.506 e. The Labute approximate surface area is 113 Å². The molecule has 2 N–H and O–H groups in total. The van der Waals surface area contributed by atoms with Gasteiger partial charge < -0.3 is 14.9 Å². The lowest BCUT2D eigenvalue weighted by Crippen LogP contribution is -2.22. The number of aliphatic hydroxyl groups excluding tert-OH is 1. The average molecular weight is 283 g/mol. The van der Waals surface area contributed by atoms with Crippen LogP contribution in [0.2, 0.25) is 5.02 Å². The first-order valence-electron chi connectivity index (χ1n) is 5.34. The normalized spacial score (nSPS) is 10.5. The average Bonchev–Trinajstić information content (AvgIpc) is 2.39. The number of rotatable bonds is 3. The minimum Gasteiger partial charge on any atom is -0.506 e. The number of aromatic nitrogens is 2. The predicted molar refractivity (Wildman–Crippen MR) is 69.0 cm³/mol. The fraction of sp³-hybridized carbons (Fsp3) is 0.167. The number of benzene rings is 1. The van der Waals surface area contributed by atoms with Crippen molar-refractivity contribution in [1.29, 1.82) is 0 Å². The van der Waals surface area contributed by atoms with Crippen LogP contribution in [0.3, 0.4) is 0 Å². The smallest absolute Gasteiger partial charge is 0.275 e. The van der Waals surface area contributed by atoms with Crippen LogP contribution in [0.4, 0.5) is 0 Å². The van der Waals surface area contributed by atoms with E-state index in [0.717, 1.165) is 10.7 Å². The van der Waals surface area contributed by atoms with Crippen LogP contribution in [0.1, 0.15) is 5.69 Å². The van der Waals surface area contributed by atoms with Gasteiger partial charge in [0.1, 0.15) is 22.9 Å². The molecule has 100 valence electrons. The third-order valence-corrected chi connectivity index (χ3v) is 2.74. The molecular weight excluding hydrogens is 272 g/mol. The third-order valence-electron chi connectivity index (χ3n) is 2.50. The number of hydrogen-bond donors (Lipinski definition) is 2. The highest BCUT2D eigenvalue weighted by molar-refractivity contribution is 6.30. The van der Waals surface area contributed by atoms with Crippen LogP contribution in [-0.2, 0) is 6.61 Å². The number of aliphatic hydroxyl groups is 1. The van der Waals surface area contributed by atoms with E-state index < -0.39 is 12.2 Å². The standard InChI is InChI=1S/C12H11ClN2O4/c1-19-11-3-2-7(13)4-9(11)15-12(18)5-10(17)8(6-16)14-15/h2-5,16-17H,6H2,1H3. The minimum absolute atomic E-state index is 0.0124. The molecule has 0 bridgehead atoms. The summed E-state index contributed by atoms with van der Waals surface area (Å²) in [6.07, 6.45) is 0. The molecule has 0 unspecified atom stereocenters. The quantitative estimate of drug-likeness (QED) is 0.880.